The maximum absolute atomic E-state index is 13.4. The van der Waals surface area contributed by atoms with Crippen LogP contribution in [0.5, 0.6) is 0 Å². The highest BCUT2D eigenvalue weighted by atomic mass is 19.4. The topological polar surface area (TPSA) is 72.2 Å². The lowest BCUT2D eigenvalue weighted by Crippen LogP contribution is -2.21. The van der Waals surface area contributed by atoms with Crippen LogP contribution in [0.25, 0.3) is 10.9 Å². The minimum atomic E-state index is -4.71. The number of carboxylic acids is 1. The lowest BCUT2D eigenvalue weighted by atomic mass is 10.0. The van der Waals surface area contributed by atoms with E-state index < -0.39 is 29.2 Å². The first-order chi connectivity index (χ1) is 12.6. The Kier molecular flexibility index (Phi) is 4.51. The number of benzene rings is 2. The molecule has 1 N–H and O–H groups in total. The molecule has 2 aromatic carbocycles. The van der Waals surface area contributed by atoms with Gasteiger partial charge in [-0.2, -0.15) is 23.0 Å². The Balaban J connectivity index is 2.29. The van der Waals surface area contributed by atoms with Crippen molar-refractivity contribution in [2.45, 2.75) is 26.4 Å². The lowest BCUT2D eigenvalue weighted by molar-refractivity contribution is -0.138. The number of halogens is 3. The smallest absolute Gasteiger partial charge is 0.417 e. The van der Waals surface area contributed by atoms with E-state index in [-0.39, 0.29) is 16.6 Å². The summed E-state index contributed by atoms with van der Waals surface area (Å²) in [5.74, 6) is -2.16. The summed E-state index contributed by atoms with van der Waals surface area (Å²) in [4.78, 5) is 24.3. The third kappa shape index (κ3) is 3.18. The molecular weight excluding hydrogens is 361 g/mol. The normalized spacial score (nSPS) is 11.7. The van der Waals surface area contributed by atoms with Gasteiger partial charge < -0.3 is 5.11 Å². The molecule has 0 saturated heterocycles. The number of nitrogens with zero attached hydrogens (tertiary/aromatic N) is 2. The molecule has 0 bridgehead atoms. The second kappa shape index (κ2) is 6.53. The van der Waals surface area contributed by atoms with Gasteiger partial charge in [0.05, 0.1) is 27.9 Å². The van der Waals surface area contributed by atoms with Crippen LogP contribution < -0.4 is 0 Å². The molecule has 1 aromatic heterocycles. The van der Waals surface area contributed by atoms with E-state index in [4.69, 9.17) is 0 Å². The number of carbonyl (C=O) groups is 2. The number of rotatable bonds is 3. The zero-order valence-electron chi connectivity index (χ0n) is 14.5. The van der Waals surface area contributed by atoms with Crippen molar-refractivity contribution >= 4 is 22.8 Å². The van der Waals surface area contributed by atoms with Gasteiger partial charge in [-0.3, -0.25) is 4.79 Å². The first-order valence-corrected chi connectivity index (χ1v) is 8.11. The van der Waals surface area contributed by atoms with E-state index in [1.165, 1.54) is 37.3 Å². The third-order valence-corrected chi connectivity index (χ3v) is 4.32. The molecule has 0 aliphatic carbocycles. The molecule has 0 amide bonds. The Bertz CT molecular complexity index is 1070. The van der Waals surface area contributed by atoms with E-state index in [0.29, 0.717) is 17.5 Å². The van der Waals surface area contributed by atoms with E-state index in [0.717, 1.165) is 10.7 Å². The number of carboxylic acid groups (broad SMARTS) is 1. The standard InChI is InChI=1S/C19H15F3N2O3/c1-3-14-12-8-7-11(18(26)27)9-15(12)24(23-14)17(25)16-10(2)5-4-6-13(16)19(20,21)22/h4-9H,3H2,1-2H3,(H,26,27). The number of fused-ring (bicyclic) bond motifs is 1. The molecule has 0 unspecified atom stereocenters. The highest BCUT2D eigenvalue weighted by Gasteiger charge is 2.36. The van der Waals surface area contributed by atoms with Gasteiger partial charge in [-0.25, -0.2) is 4.79 Å². The van der Waals surface area contributed by atoms with Gasteiger partial charge in [-0.05, 0) is 37.1 Å². The average molecular weight is 376 g/mol. The molecule has 3 aromatic rings. The molecule has 0 spiro atoms. The second-order valence-corrected chi connectivity index (χ2v) is 6.05. The van der Waals surface area contributed by atoms with Crippen LogP contribution in [0, 0.1) is 6.92 Å². The van der Waals surface area contributed by atoms with E-state index >= 15 is 0 Å². The summed E-state index contributed by atoms with van der Waals surface area (Å²) >= 11 is 0. The SMILES string of the molecule is CCc1nn(C(=O)c2c(C)cccc2C(F)(F)F)c2cc(C(=O)O)ccc12. The minimum Gasteiger partial charge on any atom is -0.478 e. The van der Waals surface area contributed by atoms with Crippen LogP contribution in [0.3, 0.4) is 0 Å². The van der Waals surface area contributed by atoms with Crippen molar-refractivity contribution < 1.29 is 27.9 Å². The lowest BCUT2D eigenvalue weighted by Gasteiger charge is -2.14. The van der Waals surface area contributed by atoms with Crippen molar-refractivity contribution in [2.75, 3.05) is 0 Å². The van der Waals surface area contributed by atoms with Gasteiger partial charge in [0.25, 0.3) is 5.91 Å². The van der Waals surface area contributed by atoms with Crippen molar-refractivity contribution in [3.63, 3.8) is 0 Å². The van der Waals surface area contributed by atoms with Gasteiger partial charge in [0, 0.05) is 5.39 Å². The van der Waals surface area contributed by atoms with Crippen LogP contribution >= 0.6 is 0 Å². The summed E-state index contributed by atoms with van der Waals surface area (Å²) in [5, 5.41) is 13.9. The van der Waals surface area contributed by atoms with Gasteiger partial charge in [-0.15, -0.1) is 0 Å². The molecule has 27 heavy (non-hydrogen) atoms. The highest BCUT2D eigenvalue weighted by Crippen LogP contribution is 2.34. The molecule has 3 rings (SSSR count). The molecule has 0 radical (unpaired) electrons. The highest BCUT2D eigenvalue weighted by molar-refractivity contribution is 6.05. The number of hydrogen-bond donors (Lipinski definition) is 1. The fraction of sp³-hybridized carbons (Fsp3) is 0.211. The van der Waals surface area contributed by atoms with Crippen molar-refractivity contribution in [3.8, 4) is 0 Å². The zero-order valence-corrected chi connectivity index (χ0v) is 14.5. The van der Waals surface area contributed by atoms with E-state index in [2.05, 4.69) is 5.10 Å². The molecule has 140 valence electrons. The second-order valence-electron chi connectivity index (χ2n) is 6.05. The summed E-state index contributed by atoms with van der Waals surface area (Å²) < 4.78 is 41.1. The third-order valence-electron chi connectivity index (χ3n) is 4.32. The number of hydrogen-bond acceptors (Lipinski definition) is 3. The Hall–Kier alpha value is -3.16. The number of alkyl halides is 3. The zero-order chi connectivity index (χ0) is 19.9. The molecule has 0 aliphatic rings. The predicted octanol–water partition coefficient (Wildman–Crippen LogP) is 4.31. The first kappa shape index (κ1) is 18.6. The number of carbonyl (C=O) groups excluding carboxylic acids is 1. The van der Waals surface area contributed by atoms with E-state index in [9.17, 15) is 27.9 Å². The van der Waals surface area contributed by atoms with Crippen LogP contribution in [0.1, 0.15) is 44.5 Å². The molecular formula is C19H15F3N2O3. The summed E-state index contributed by atoms with van der Waals surface area (Å²) in [7, 11) is 0. The first-order valence-electron chi connectivity index (χ1n) is 8.11. The van der Waals surface area contributed by atoms with Crippen LogP contribution in [0.4, 0.5) is 13.2 Å². The fourth-order valence-corrected chi connectivity index (χ4v) is 3.02. The molecule has 1 heterocycles. The van der Waals surface area contributed by atoms with Crippen molar-refractivity contribution in [2.24, 2.45) is 0 Å². The van der Waals surface area contributed by atoms with Crippen LogP contribution in [-0.4, -0.2) is 26.8 Å². The quantitative estimate of drug-likeness (QED) is 0.739. The molecule has 0 saturated carbocycles. The number of aromatic nitrogens is 2. The summed E-state index contributed by atoms with van der Waals surface area (Å²) in [6, 6.07) is 7.61. The van der Waals surface area contributed by atoms with E-state index in [1.807, 2.05) is 0 Å². The van der Waals surface area contributed by atoms with E-state index in [1.54, 1.807) is 6.92 Å². The Morgan fingerprint density at radius 2 is 1.89 bits per heavy atom. The molecule has 0 aliphatic heterocycles. The van der Waals surface area contributed by atoms with Crippen molar-refractivity contribution in [1.29, 1.82) is 0 Å². The molecule has 5 nitrogen and oxygen atoms in total. The Morgan fingerprint density at radius 1 is 1.19 bits per heavy atom. The van der Waals surface area contributed by atoms with Crippen LogP contribution in [-0.2, 0) is 12.6 Å². The van der Waals surface area contributed by atoms with Gasteiger partial charge >= 0.3 is 12.1 Å². The summed E-state index contributed by atoms with van der Waals surface area (Å²) in [6.07, 6.45) is -4.27. The Morgan fingerprint density at radius 3 is 2.48 bits per heavy atom. The number of aryl methyl sites for hydroxylation is 2. The van der Waals surface area contributed by atoms with Gasteiger partial charge in [0.15, 0.2) is 0 Å². The fourth-order valence-electron chi connectivity index (χ4n) is 3.02. The Labute approximate surface area is 152 Å². The largest absolute Gasteiger partial charge is 0.478 e. The summed E-state index contributed by atoms with van der Waals surface area (Å²) in [5.41, 5.74) is -0.822. The van der Waals surface area contributed by atoms with Crippen molar-refractivity contribution in [1.82, 2.24) is 9.78 Å². The monoisotopic (exact) mass is 376 g/mol. The van der Waals surface area contributed by atoms with Crippen molar-refractivity contribution in [3.05, 3.63) is 64.3 Å². The minimum absolute atomic E-state index is 0.0834. The van der Waals surface area contributed by atoms with Crippen LogP contribution in [0.2, 0.25) is 0 Å². The molecule has 0 atom stereocenters. The molecule has 0 fully saturated rings. The van der Waals surface area contributed by atoms with Gasteiger partial charge in [-0.1, -0.05) is 25.1 Å². The molecule has 8 heteroatoms. The number of aromatic carboxylic acids is 1. The maximum Gasteiger partial charge on any atom is 0.417 e. The maximum atomic E-state index is 13.4. The summed E-state index contributed by atoms with van der Waals surface area (Å²) in [6.45, 7) is 3.20. The average Bonchev–Trinajstić information content (AvgIpc) is 2.98. The van der Waals surface area contributed by atoms with Crippen LogP contribution in [0.15, 0.2) is 36.4 Å². The van der Waals surface area contributed by atoms with Gasteiger partial charge in [0.2, 0.25) is 0 Å². The predicted molar refractivity (Wildman–Crippen MR) is 92.0 cm³/mol. The van der Waals surface area contributed by atoms with Gasteiger partial charge in [0.1, 0.15) is 0 Å².